The van der Waals surface area contributed by atoms with Gasteiger partial charge in [0.05, 0.1) is 11.5 Å². The van der Waals surface area contributed by atoms with E-state index in [-0.39, 0.29) is 29.7 Å². The summed E-state index contributed by atoms with van der Waals surface area (Å²) >= 11 is 0. The van der Waals surface area contributed by atoms with Crippen molar-refractivity contribution >= 4 is 21.7 Å². The number of nitrogens with zero attached hydrogens (tertiary/aromatic N) is 2. The van der Waals surface area contributed by atoms with E-state index in [4.69, 9.17) is 4.74 Å². The Morgan fingerprint density at radius 2 is 1.70 bits per heavy atom. The van der Waals surface area contributed by atoms with Gasteiger partial charge in [-0.25, -0.2) is 8.42 Å². The summed E-state index contributed by atoms with van der Waals surface area (Å²) in [5.41, 5.74) is 2.61. The van der Waals surface area contributed by atoms with Gasteiger partial charge in [-0.1, -0.05) is 24.3 Å². The van der Waals surface area contributed by atoms with Crippen molar-refractivity contribution in [3.63, 3.8) is 0 Å². The maximum Gasteiger partial charge on any atom is 0.243 e. The molecule has 1 saturated heterocycles. The molecule has 1 fully saturated rings. The number of benzene rings is 2. The fourth-order valence-corrected chi connectivity index (χ4v) is 5.25. The minimum atomic E-state index is -3.70. The van der Waals surface area contributed by atoms with Crippen molar-refractivity contribution in [1.29, 1.82) is 0 Å². The van der Waals surface area contributed by atoms with E-state index >= 15 is 0 Å². The molecule has 0 atom stereocenters. The van der Waals surface area contributed by atoms with Gasteiger partial charge in [-0.05, 0) is 62.9 Å². The number of Topliss-reactive ketones (excluding diaryl/α,β-unsaturated/α-hetero) is 1. The predicted molar refractivity (Wildman–Crippen MR) is 127 cm³/mol. The summed E-state index contributed by atoms with van der Waals surface area (Å²) in [6.45, 7) is 7.22. The van der Waals surface area contributed by atoms with E-state index in [0.29, 0.717) is 31.7 Å². The molecule has 0 aromatic heterocycles. The zero-order chi connectivity index (χ0) is 24.0. The van der Waals surface area contributed by atoms with Crippen LogP contribution in [-0.2, 0) is 14.8 Å². The van der Waals surface area contributed by atoms with Gasteiger partial charge in [-0.2, -0.15) is 4.31 Å². The largest absolute Gasteiger partial charge is 0.493 e. The van der Waals surface area contributed by atoms with Gasteiger partial charge in [0.25, 0.3) is 0 Å². The lowest BCUT2D eigenvalue weighted by atomic mass is 10.1. The Kier molecular flexibility index (Phi) is 8.26. The molecule has 2 aromatic rings. The first-order valence-electron chi connectivity index (χ1n) is 11.3. The Balaban J connectivity index is 1.43. The molecule has 0 N–H and O–H groups in total. The first kappa shape index (κ1) is 24.9. The first-order valence-corrected chi connectivity index (χ1v) is 12.7. The van der Waals surface area contributed by atoms with E-state index in [2.05, 4.69) is 6.07 Å². The summed E-state index contributed by atoms with van der Waals surface area (Å²) in [4.78, 5) is 26.0. The summed E-state index contributed by atoms with van der Waals surface area (Å²) in [6, 6.07) is 12.2. The Labute approximate surface area is 196 Å². The number of piperazine rings is 1. The number of amides is 1. The van der Waals surface area contributed by atoms with E-state index in [0.717, 1.165) is 29.7 Å². The SMILES string of the molecule is CC(=O)c1cccc(S(=O)(=O)N2CCN(C(=O)CCCCOc3cc(C)ccc3C)CC2)c1. The number of hydrogen-bond acceptors (Lipinski definition) is 5. The van der Waals surface area contributed by atoms with Crippen LogP contribution in [0.1, 0.15) is 47.7 Å². The lowest BCUT2D eigenvalue weighted by molar-refractivity contribution is -0.132. The lowest BCUT2D eigenvalue weighted by Crippen LogP contribution is -2.50. The van der Waals surface area contributed by atoms with Crippen molar-refractivity contribution in [3.05, 3.63) is 59.2 Å². The zero-order valence-corrected chi connectivity index (χ0v) is 20.4. The molecule has 0 radical (unpaired) electrons. The Bertz CT molecular complexity index is 1110. The molecule has 1 amide bonds. The summed E-state index contributed by atoms with van der Waals surface area (Å²) in [5, 5.41) is 0. The Morgan fingerprint density at radius 1 is 0.970 bits per heavy atom. The van der Waals surface area contributed by atoms with E-state index < -0.39 is 10.0 Å². The number of aryl methyl sites for hydroxylation is 2. The van der Waals surface area contributed by atoms with E-state index in [1.54, 1.807) is 17.0 Å². The fraction of sp³-hybridized carbons (Fsp3) is 0.440. The quantitative estimate of drug-likeness (QED) is 0.411. The molecule has 178 valence electrons. The van der Waals surface area contributed by atoms with Crippen LogP contribution in [0.4, 0.5) is 0 Å². The highest BCUT2D eigenvalue weighted by atomic mass is 32.2. The number of unbranched alkanes of at least 4 members (excludes halogenated alkanes) is 1. The maximum absolute atomic E-state index is 12.9. The van der Waals surface area contributed by atoms with Gasteiger partial charge in [-0.15, -0.1) is 0 Å². The zero-order valence-electron chi connectivity index (χ0n) is 19.5. The molecule has 0 saturated carbocycles. The highest BCUT2D eigenvalue weighted by Gasteiger charge is 2.30. The van der Waals surface area contributed by atoms with Crippen LogP contribution >= 0.6 is 0 Å². The summed E-state index contributed by atoms with van der Waals surface area (Å²) < 4.78 is 33.1. The van der Waals surface area contributed by atoms with E-state index in [1.165, 1.54) is 23.4 Å². The molecule has 0 unspecified atom stereocenters. The van der Waals surface area contributed by atoms with Crippen LogP contribution in [0.3, 0.4) is 0 Å². The minimum Gasteiger partial charge on any atom is -0.493 e. The maximum atomic E-state index is 12.9. The molecule has 7 nitrogen and oxygen atoms in total. The number of carbonyl (C=O) groups is 2. The molecular formula is C25H32N2O5S. The van der Waals surface area contributed by atoms with Crippen LogP contribution in [0.25, 0.3) is 0 Å². The van der Waals surface area contributed by atoms with Crippen LogP contribution < -0.4 is 4.74 Å². The van der Waals surface area contributed by atoms with Crippen LogP contribution in [0, 0.1) is 13.8 Å². The molecule has 33 heavy (non-hydrogen) atoms. The first-order chi connectivity index (χ1) is 15.7. The molecule has 0 spiro atoms. The second-order valence-corrected chi connectivity index (χ2v) is 10.4. The minimum absolute atomic E-state index is 0.0392. The number of ketones is 1. The van der Waals surface area contributed by atoms with E-state index in [9.17, 15) is 18.0 Å². The number of hydrogen-bond donors (Lipinski definition) is 0. The summed E-state index contributed by atoms with van der Waals surface area (Å²) in [5.74, 6) is 0.742. The van der Waals surface area contributed by atoms with Crippen molar-refractivity contribution in [3.8, 4) is 5.75 Å². The van der Waals surface area contributed by atoms with E-state index in [1.807, 2.05) is 26.0 Å². The molecule has 1 aliphatic heterocycles. The number of carbonyl (C=O) groups excluding carboxylic acids is 2. The third-order valence-electron chi connectivity index (χ3n) is 5.86. The molecule has 1 aliphatic rings. The lowest BCUT2D eigenvalue weighted by Gasteiger charge is -2.34. The van der Waals surface area contributed by atoms with Crippen molar-refractivity contribution in [2.45, 2.75) is 44.9 Å². The van der Waals surface area contributed by atoms with Gasteiger partial charge in [0, 0.05) is 38.2 Å². The van der Waals surface area contributed by atoms with Gasteiger partial charge in [0.1, 0.15) is 5.75 Å². The third-order valence-corrected chi connectivity index (χ3v) is 7.75. The molecule has 3 rings (SSSR count). The highest BCUT2D eigenvalue weighted by Crippen LogP contribution is 2.21. The highest BCUT2D eigenvalue weighted by molar-refractivity contribution is 7.89. The number of ether oxygens (including phenoxy) is 1. The average molecular weight is 473 g/mol. The Hall–Kier alpha value is -2.71. The fourth-order valence-electron chi connectivity index (χ4n) is 3.78. The van der Waals surface area contributed by atoms with Gasteiger partial charge >= 0.3 is 0 Å². The summed E-state index contributed by atoms with van der Waals surface area (Å²) in [7, 11) is -3.70. The van der Waals surface area contributed by atoms with Gasteiger partial charge < -0.3 is 9.64 Å². The van der Waals surface area contributed by atoms with Crippen LogP contribution in [0.2, 0.25) is 0 Å². The standard InChI is InChI=1S/C25H32N2O5S/c1-19-10-11-20(2)24(17-19)32-16-5-4-9-25(29)26-12-14-27(15-13-26)33(30,31)23-8-6-7-22(18-23)21(3)28/h6-8,10-11,17-18H,4-5,9,12-16H2,1-3H3. The smallest absolute Gasteiger partial charge is 0.243 e. The molecule has 2 aromatic carbocycles. The monoisotopic (exact) mass is 472 g/mol. The molecule has 0 bridgehead atoms. The van der Waals surface area contributed by atoms with Crippen molar-refractivity contribution in [2.24, 2.45) is 0 Å². The molecule has 0 aliphatic carbocycles. The van der Waals surface area contributed by atoms with Gasteiger partial charge in [0.15, 0.2) is 5.78 Å². The number of sulfonamides is 1. The molecule has 1 heterocycles. The van der Waals surface area contributed by atoms with Crippen molar-refractivity contribution < 1.29 is 22.7 Å². The van der Waals surface area contributed by atoms with Gasteiger partial charge in [-0.3, -0.25) is 9.59 Å². The predicted octanol–water partition coefficient (Wildman–Crippen LogP) is 3.59. The summed E-state index contributed by atoms with van der Waals surface area (Å²) in [6.07, 6.45) is 1.92. The third kappa shape index (κ3) is 6.42. The van der Waals surface area contributed by atoms with Crippen molar-refractivity contribution in [1.82, 2.24) is 9.21 Å². The topological polar surface area (TPSA) is 84.0 Å². The Morgan fingerprint density at radius 3 is 2.39 bits per heavy atom. The average Bonchev–Trinajstić information content (AvgIpc) is 2.81. The van der Waals surface area contributed by atoms with Crippen molar-refractivity contribution in [2.75, 3.05) is 32.8 Å². The second kappa shape index (κ2) is 10.9. The number of rotatable bonds is 9. The normalized spacial score (nSPS) is 14.8. The molecular weight excluding hydrogens is 440 g/mol. The van der Waals surface area contributed by atoms with Gasteiger partial charge in [0.2, 0.25) is 15.9 Å². The van der Waals surface area contributed by atoms with Crippen LogP contribution in [-0.4, -0.2) is 62.1 Å². The molecule has 8 heteroatoms. The second-order valence-electron chi connectivity index (χ2n) is 8.44. The van der Waals surface area contributed by atoms with Crippen LogP contribution in [0.5, 0.6) is 5.75 Å². The van der Waals surface area contributed by atoms with Crippen LogP contribution in [0.15, 0.2) is 47.4 Å².